The van der Waals surface area contributed by atoms with Gasteiger partial charge in [-0.15, -0.1) is 0 Å². The first-order chi connectivity index (χ1) is 15.8. The molecule has 3 heterocycles. The summed E-state index contributed by atoms with van der Waals surface area (Å²) in [4.78, 5) is 15.8. The molecule has 2 fully saturated rings. The van der Waals surface area contributed by atoms with E-state index in [0.717, 1.165) is 67.1 Å². The second-order valence-corrected chi connectivity index (χ2v) is 8.89. The van der Waals surface area contributed by atoms with Crippen LogP contribution in [0.25, 0.3) is 5.69 Å². The third-order valence-corrected chi connectivity index (χ3v) is 6.61. The first-order valence-electron chi connectivity index (χ1n) is 11.6. The van der Waals surface area contributed by atoms with E-state index in [4.69, 9.17) is 14.6 Å². The Kier molecular flexibility index (Phi) is 4.86. The van der Waals surface area contributed by atoms with E-state index in [1.807, 2.05) is 52.0 Å². The summed E-state index contributed by atoms with van der Waals surface area (Å²) >= 11 is 0. The smallest absolute Gasteiger partial charge is 0.273 e. The van der Waals surface area contributed by atoms with Gasteiger partial charge < -0.3 is 14.4 Å². The Morgan fingerprint density at radius 3 is 2.53 bits per heavy atom. The van der Waals surface area contributed by atoms with Crippen LogP contribution in [0.3, 0.4) is 0 Å². The van der Waals surface area contributed by atoms with Crippen molar-refractivity contribution in [2.75, 3.05) is 19.8 Å². The summed E-state index contributed by atoms with van der Waals surface area (Å²) < 4.78 is 13.5. The normalized spacial score (nSPS) is 20.2. The van der Waals surface area contributed by atoms with Gasteiger partial charge in [-0.1, -0.05) is 24.3 Å². The number of likely N-dealkylation sites (tertiary alicyclic amines) is 1. The summed E-state index contributed by atoms with van der Waals surface area (Å²) in [5.74, 6) is 2.11. The Labute approximate surface area is 187 Å². The number of nitrogens with zero attached hydrogens (tertiary/aromatic N) is 3. The Morgan fingerprint density at radius 1 is 0.906 bits per heavy atom. The molecule has 0 bridgehead atoms. The molecule has 1 saturated heterocycles. The topological polar surface area (TPSA) is 56.6 Å². The van der Waals surface area contributed by atoms with Gasteiger partial charge in [0.25, 0.3) is 5.91 Å². The van der Waals surface area contributed by atoms with E-state index in [9.17, 15) is 4.79 Å². The van der Waals surface area contributed by atoms with Crippen molar-refractivity contribution in [3.8, 4) is 17.2 Å². The van der Waals surface area contributed by atoms with Crippen molar-refractivity contribution < 1.29 is 14.3 Å². The molecule has 0 N–H and O–H groups in total. The predicted octanol–water partition coefficient (Wildman–Crippen LogP) is 4.89. The number of aromatic nitrogens is 2. The van der Waals surface area contributed by atoms with Gasteiger partial charge in [0.2, 0.25) is 0 Å². The standard InChI is InChI=1S/C26H27N3O3/c30-26(23-17-21(18-9-10-18)27-29(23)20-6-2-1-3-7-20)28-13-4-8-22(28)19-11-12-24-25(16-19)32-15-5-14-31-24/h1-3,6-7,11-12,16-18,22H,4-5,8-10,13-15H2/t22-/m0/s1. The number of carbonyl (C=O) groups is 1. The highest BCUT2D eigenvalue weighted by Gasteiger charge is 2.35. The summed E-state index contributed by atoms with van der Waals surface area (Å²) in [6.07, 6.45) is 5.12. The largest absolute Gasteiger partial charge is 0.490 e. The van der Waals surface area contributed by atoms with Crippen molar-refractivity contribution in [1.82, 2.24) is 14.7 Å². The minimum Gasteiger partial charge on any atom is -0.490 e. The molecule has 1 aliphatic carbocycles. The third-order valence-electron chi connectivity index (χ3n) is 6.61. The van der Waals surface area contributed by atoms with Crippen molar-refractivity contribution in [3.63, 3.8) is 0 Å². The fourth-order valence-corrected chi connectivity index (χ4v) is 4.79. The van der Waals surface area contributed by atoms with Crippen LogP contribution in [0, 0.1) is 0 Å². The number of fused-ring (bicyclic) bond motifs is 1. The molecule has 6 heteroatoms. The minimum atomic E-state index is 0.0307. The first kappa shape index (κ1) is 19.4. The molecule has 3 aromatic rings. The van der Waals surface area contributed by atoms with Crippen LogP contribution in [0.2, 0.25) is 0 Å². The maximum Gasteiger partial charge on any atom is 0.273 e. The van der Waals surface area contributed by atoms with Crippen LogP contribution in [0.4, 0.5) is 0 Å². The second-order valence-electron chi connectivity index (χ2n) is 8.89. The fraction of sp³-hybridized carbons (Fsp3) is 0.385. The summed E-state index contributed by atoms with van der Waals surface area (Å²) in [5, 5.41) is 4.83. The lowest BCUT2D eigenvalue weighted by atomic mass is 10.0. The molecule has 1 saturated carbocycles. The van der Waals surface area contributed by atoms with Gasteiger partial charge in [0.15, 0.2) is 11.5 Å². The maximum atomic E-state index is 13.8. The Balaban J connectivity index is 1.34. The molecule has 6 rings (SSSR count). The van der Waals surface area contributed by atoms with Gasteiger partial charge in [-0.3, -0.25) is 4.79 Å². The predicted molar refractivity (Wildman–Crippen MR) is 121 cm³/mol. The SMILES string of the molecule is O=C(c1cc(C2CC2)nn1-c1ccccc1)N1CCC[C@H]1c1ccc2c(c1)OCCCO2. The Bertz CT molecular complexity index is 1140. The monoisotopic (exact) mass is 429 g/mol. The number of para-hydroxylation sites is 1. The molecule has 2 aliphatic heterocycles. The van der Waals surface area contributed by atoms with Gasteiger partial charge in [0, 0.05) is 18.9 Å². The van der Waals surface area contributed by atoms with Gasteiger partial charge in [-0.25, -0.2) is 4.68 Å². The number of carbonyl (C=O) groups excluding carboxylic acids is 1. The van der Waals surface area contributed by atoms with Crippen molar-refractivity contribution in [2.45, 2.75) is 44.1 Å². The van der Waals surface area contributed by atoms with E-state index in [1.54, 1.807) is 0 Å². The lowest BCUT2D eigenvalue weighted by molar-refractivity contribution is 0.0726. The number of hydrogen-bond donors (Lipinski definition) is 0. The first-order valence-corrected chi connectivity index (χ1v) is 11.6. The molecule has 3 aliphatic rings. The second kappa shape index (κ2) is 8.01. The molecule has 0 radical (unpaired) electrons. The van der Waals surface area contributed by atoms with Gasteiger partial charge >= 0.3 is 0 Å². The van der Waals surface area contributed by atoms with Crippen LogP contribution < -0.4 is 9.47 Å². The molecule has 0 unspecified atom stereocenters. The highest BCUT2D eigenvalue weighted by Crippen LogP contribution is 2.41. The summed E-state index contributed by atoms with van der Waals surface area (Å²) in [5.41, 5.74) is 3.71. The molecule has 1 aromatic heterocycles. The molecule has 1 amide bonds. The van der Waals surface area contributed by atoms with E-state index < -0.39 is 0 Å². The van der Waals surface area contributed by atoms with Crippen LogP contribution in [-0.2, 0) is 0 Å². The quantitative estimate of drug-likeness (QED) is 0.593. The third kappa shape index (κ3) is 3.53. The highest BCUT2D eigenvalue weighted by molar-refractivity contribution is 5.94. The maximum absolute atomic E-state index is 13.8. The number of amides is 1. The zero-order valence-electron chi connectivity index (χ0n) is 18.1. The van der Waals surface area contributed by atoms with E-state index >= 15 is 0 Å². The Hall–Kier alpha value is -3.28. The van der Waals surface area contributed by atoms with Crippen LogP contribution in [-0.4, -0.2) is 40.3 Å². The van der Waals surface area contributed by atoms with Crippen LogP contribution in [0.5, 0.6) is 11.5 Å². The van der Waals surface area contributed by atoms with Gasteiger partial charge in [-0.05, 0) is 61.6 Å². The van der Waals surface area contributed by atoms with E-state index in [2.05, 4.69) is 12.1 Å². The van der Waals surface area contributed by atoms with E-state index in [1.165, 1.54) is 0 Å². The number of ether oxygens (including phenoxy) is 2. The average molecular weight is 430 g/mol. The fourth-order valence-electron chi connectivity index (χ4n) is 4.79. The zero-order chi connectivity index (χ0) is 21.5. The van der Waals surface area contributed by atoms with Crippen LogP contribution in [0.1, 0.15) is 65.8 Å². The molecule has 1 atom stereocenters. The van der Waals surface area contributed by atoms with Gasteiger partial charge in [-0.2, -0.15) is 5.10 Å². The summed E-state index contributed by atoms with van der Waals surface area (Å²) in [6, 6.07) is 18.1. The minimum absolute atomic E-state index is 0.0307. The van der Waals surface area contributed by atoms with Crippen molar-refractivity contribution in [3.05, 3.63) is 71.5 Å². The molecule has 6 nitrogen and oxygen atoms in total. The lowest BCUT2D eigenvalue weighted by Crippen LogP contribution is -2.32. The van der Waals surface area contributed by atoms with Crippen LogP contribution in [0.15, 0.2) is 54.6 Å². The summed E-state index contributed by atoms with van der Waals surface area (Å²) in [6.45, 7) is 2.08. The highest BCUT2D eigenvalue weighted by atomic mass is 16.5. The van der Waals surface area contributed by atoms with Crippen LogP contribution >= 0.6 is 0 Å². The lowest BCUT2D eigenvalue weighted by Gasteiger charge is -2.26. The number of hydrogen-bond acceptors (Lipinski definition) is 4. The average Bonchev–Trinajstić information content (AvgIpc) is 3.47. The Morgan fingerprint density at radius 2 is 1.72 bits per heavy atom. The molecular formula is C26H27N3O3. The molecule has 164 valence electrons. The van der Waals surface area contributed by atoms with Gasteiger partial charge in [0.1, 0.15) is 5.69 Å². The van der Waals surface area contributed by atoms with E-state index in [0.29, 0.717) is 24.8 Å². The van der Waals surface area contributed by atoms with Crippen molar-refractivity contribution in [2.24, 2.45) is 0 Å². The number of benzene rings is 2. The number of rotatable bonds is 4. The molecule has 32 heavy (non-hydrogen) atoms. The van der Waals surface area contributed by atoms with Crippen molar-refractivity contribution in [1.29, 1.82) is 0 Å². The molecular weight excluding hydrogens is 402 g/mol. The van der Waals surface area contributed by atoms with Gasteiger partial charge in [0.05, 0.1) is 30.6 Å². The van der Waals surface area contributed by atoms with E-state index in [-0.39, 0.29) is 11.9 Å². The van der Waals surface area contributed by atoms with Crippen molar-refractivity contribution >= 4 is 5.91 Å². The summed E-state index contributed by atoms with van der Waals surface area (Å²) in [7, 11) is 0. The molecule has 0 spiro atoms. The molecule has 2 aromatic carbocycles. The zero-order valence-corrected chi connectivity index (χ0v) is 18.1.